The third-order valence-electron chi connectivity index (χ3n) is 2.54. The summed E-state index contributed by atoms with van der Waals surface area (Å²) < 4.78 is 5.45. The van der Waals surface area contributed by atoms with Crippen LogP contribution in [-0.2, 0) is 0 Å². The summed E-state index contributed by atoms with van der Waals surface area (Å²) in [5.74, 6) is -0.339. The van der Waals surface area contributed by atoms with E-state index in [0.29, 0.717) is 5.75 Å². The Labute approximate surface area is 109 Å². The van der Waals surface area contributed by atoms with Gasteiger partial charge in [0.05, 0.1) is 18.4 Å². The highest BCUT2D eigenvalue weighted by Crippen LogP contribution is 2.28. The molecule has 0 aliphatic rings. The topological polar surface area (TPSA) is 62.3 Å². The van der Waals surface area contributed by atoms with Gasteiger partial charge in [-0.1, -0.05) is 24.4 Å². The third kappa shape index (κ3) is 2.26. The molecular formula is C13H11NO3S. The molecule has 1 aromatic carbocycles. The van der Waals surface area contributed by atoms with Crippen LogP contribution in [0.25, 0.3) is 11.3 Å². The minimum Gasteiger partial charge on any atom is -0.496 e. The van der Waals surface area contributed by atoms with E-state index in [2.05, 4.69) is 4.98 Å². The Kier molecular flexibility index (Phi) is 3.43. The maximum absolute atomic E-state index is 10.9. The Balaban J connectivity index is 2.56. The first-order valence-electron chi connectivity index (χ1n) is 5.23. The summed E-state index contributed by atoms with van der Waals surface area (Å²) in [6.45, 7) is 0. The predicted molar refractivity (Wildman–Crippen MR) is 70.6 cm³/mol. The number of H-pyrrole nitrogens is 1. The van der Waals surface area contributed by atoms with Gasteiger partial charge in [-0.2, -0.15) is 0 Å². The molecule has 0 bridgehead atoms. The normalized spacial score (nSPS) is 10.1. The molecule has 2 aromatic rings. The molecule has 0 spiro atoms. The van der Waals surface area contributed by atoms with E-state index in [-0.39, 0.29) is 10.2 Å². The lowest BCUT2D eigenvalue weighted by Crippen LogP contribution is -1.99. The second-order valence-electron chi connectivity index (χ2n) is 3.62. The van der Waals surface area contributed by atoms with Crippen LogP contribution in [0.4, 0.5) is 0 Å². The van der Waals surface area contributed by atoms with Gasteiger partial charge in [-0.15, -0.1) is 0 Å². The number of aromatic carboxylic acids is 1. The van der Waals surface area contributed by atoms with Gasteiger partial charge in [0, 0.05) is 5.56 Å². The van der Waals surface area contributed by atoms with E-state index in [1.54, 1.807) is 13.2 Å². The van der Waals surface area contributed by atoms with Gasteiger partial charge in [-0.3, -0.25) is 0 Å². The van der Waals surface area contributed by atoms with E-state index in [4.69, 9.17) is 22.1 Å². The minimum atomic E-state index is -1.04. The summed E-state index contributed by atoms with van der Waals surface area (Å²) in [6, 6.07) is 10.6. The number of hydrogen-bond acceptors (Lipinski definition) is 3. The molecule has 0 radical (unpaired) electrons. The number of pyridine rings is 1. The highest BCUT2D eigenvalue weighted by molar-refractivity contribution is 7.71. The summed E-state index contributed by atoms with van der Waals surface area (Å²) in [4.78, 5) is 13.8. The largest absolute Gasteiger partial charge is 0.496 e. The molecule has 0 saturated heterocycles. The van der Waals surface area contributed by atoms with Gasteiger partial charge < -0.3 is 14.8 Å². The highest BCUT2D eigenvalue weighted by atomic mass is 32.1. The van der Waals surface area contributed by atoms with Crippen LogP contribution >= 0.6 is 12.2 Å². The van der Waals surface area contributed by atoms with Crippen LogP contribution in [0.2, 0.25) is 0 Å². The van der Waals surface area contributed by atoms with Crippen LogP contribution in [0.3, 0.4) is 0 Å². The molecule has 0 fully saturated rings. The smallest absolute Gasteiger partial charge is 0.338 e. The fourth-order valence-electron chi connectivity index (χ4n) is 1.67. The van der Waals surface area contributed by atoms with E-state index < -0.39 is 5.97 Å². The SMILES string of the molecule is COc1ccccc1-c1ccc(C(=O)O)c(=S)[nH]1. The minimum absolute atomic E-state index is 0.0867. The first-order valence-corrected chi connectivity index (χ1v) is 5.64. The summed E-state index contributed by atoms with van der Waals surface area (Å²) in [5, 5.41) is 8.92. The van der Waals surface area contributed by atoms with Crippen LogP contribution in [-0.4, -0.2) is 23.2 Å². The van der Waals surface area contributed by atoms with Gasteiger partial charge in [0.2, 0.25) is 0 Å². The van der Waals surface area contributed by atoms with Crippen molar-refractivity contribution in [1.82, 2.24) is 4.98 Å². The number of rotatable bonds is 3. The molecule has 0 unspecified atom stereocenters. The third-order valence-corrected chi connectivity index (χ3v) is 2.86. The number of carboxylic acid groups (broad SMARTS) is 1. The standard InChI is InChI=1S/C13H11NO3S/c1-17-11-5-3-2-4-8(11)10-7-6-9(13(15)16)12(18)14-10/h2-7H,1H3,(H,14,18)(H,15,16). The zero-order chi connectivity index (χ0) is 13.1. The number of carbonyl (C=O) groups is 1. The molecular weight excluding hydrogens is 250 g/mol. The molecule has 0 amide bonds. The monoisotopic (exact) mass is 261 g/mol. The lowest BCUT2D eigenvalue weighted by Gasteiger charge is -2.08. The fraction of sp³-hybridized carbons (Fsp3) is 0.0769. The molecule has 1 aromatic heterocycles. The maximum Gasteiger partial charge on any atom is 0.338 e. The average molecular weight is 261 g/mol. The van der Waals surface area contributed by atoms with Gasteiger partial charge in [-0.25, -0.2) is 4.79 Å². The van der Waals surface area contributed by atoms with Crippen molar-refractivity contribution in [2.75, 3.05) is 7.11 Å². The van der Waals surface area contributed by atoms with Crippen molar-refractivity contribution in [2.24, 2.45) is 0 Å². The Hall–Kier alpha value is -2.14. The molecule has 0 aliphatic heterocycles. The summed E-state index contributed by atoms with van der Waals surface area (Å²) >= 11 is 5.02. The van der Waals surface area contributed by atoms with Gasteiger partial charge in [0.15, 0.2) is 0 Å². The van der Waals surface area contributed by atoms with Crippen molar-refractivity contribution < 1.29 is 14.6 Å². The van der Waals surface area contributed by atoms with E-state index in [1.807, 2.05) is 24.3 Å². The van der Waals surface area contributed by atoms with Crippen molar-refractivity contribution >= 4 is 18.2 Å². The molecule has 0 aliphatic carbocycles. The molecule has 1 heterocycles. The Morgan fingerprint density at radius 3 is 2.61 bits per heavy atom. The average Bonchev–Trinajstić information content (AvgIpc) is 2.38. The second-order valence-corrected chi connectivity index (χ2v) is 4.03. The number of ether oxygens (including phenoxy) is 1. The Morgan fingerprint density at radius 2 is 2.00 bits per heavy atom. The maximum atomic E-state index is 10.9. The van der Waals surface area contributed by atoms with Gasteiger partial charge >= 0.3 is 5.97 Å². The highest BCUT2D eigenvalue weighted by Gasteiger charge is 2.09. The quantitative estimate of drug-likeness (QED) is 0.833. The fourth-order valence-corrected chi connectivity index (χ4v) is 1.93. The number of nitrogens with one attached hydrogen (secondary N) is 1. The number of aromatic nitrogens is 1. The zero-order valence-electron chi connectivity index (χ0n) is 9.64. The first-order chi connectivity index (χ1) is 8.63. The van der Waals surface area contributed by atoms with Gasteiger partial charge in [0.25, 0.3) is 0 Å². The van der Waals surface area contributed by atoms with E-state index in [1.165, 1.54) is 6.07 Å². The van der Waals surface area contributed by atoms with Gasteiger partial charge in [-0.05, 0) is 24.3 Å². The Bertz CT molecular complexity index is 649. The number of benzene rings is 1. The summed E-state index contributed by atoms with van der Waals surface area (Å²) in [6.07, 6.45) is 0. The van der Waals surface area contributed by atoms with E-state index in [9.17, 15) is 4.79 Å². The molecule has 0 atom stereocenters. The number of carboxylic acids is 1. The van der Waals surface area contributed by atoms with Crippen molar-refractivity contribution in [1.29, 1.82) is 0 Å². The number of methoxy groups -OCH3 is 1. The Morgan fingerprint density at radius 1 is 1.28 bits per heavy atom. The molecule has 5 heteroatoms. The lowest BCUT2D eigenvalue weighted by molar-refractivity contribution is 0.0696. The first kappa shape index (κ1) is 12.3. The number of para-hydroxylation sites is 1. The molecule has 2 N–H and O–H groups in total. The second kappa shape index (κ2) is 5.01. The molecule has 2 rings (SSSR count). The number of aromatic amines is 1. The van der Waals surface area contributed by atoms with Crippen LogP contribution in [0.15, 0.2) is 36.4 Å². The van der Waals surface area contributed by atoms with Crippen LogP contribution in [0, 0.1) is 4.64 Å². The van der Waals surface area contributed by atoms with Crippen LogP contribution in [0.5, 0.6) is 5.75 Å². The van der Waals surface area contributed by atoms with E-state index in [0.717, 1.165) is 11.3 Å². The summed E-state index contributed by atoms with van der Waals surface area (Å²) in [7, 11) is 1.58. The van der Waals surface area contributed by atoms with E-state index >= 15 is 0 Å². The van der Waals surface area contributed by atoms with Crippen LogP contribution < -0.4 is 4.74 Å². The predicted octanol–water partition coefficient (Wildman–Crippen LogP) is 3.12. The van der Waals surface area contributed by atoms with Crippen molar-refractivity contribution in [2.45, 2.75) is 0 Å². The van der Waals surface area contributed by atoms with Gasteiger partial charge in [0.1, 0.15) is 10.4 Å². The van der Waals surface area contributed by atoms with Crippen molar-refractivity contribution in [3.8, 4) is 17.0 Å². The molecule has 92 valence electrons. The summed E-state index contributed by atoms with van der Waals surface area (Å²) in [5.41, 5.74) is 1.65. The molecule has 0 saturated carbocycles. The molecule has 4 nitrogen and oxygen atoms in total. The molecule has 18 heavy (non-hydrogen) atoms. The zero-order valence-corrected chi connectivity index (χ0v) is 10.5. The van der Waals surface area contributed by atoms with Crippen molar-refractivity contribution in [3.05, 3.63) is 46.6 Å². The van der Waals surface area contributed by atoms with Crippen molar-refractivity contribution in [3.63, 3.8) is 0 Å². The van der Waals surface area contributed by atoms with Crippen LogP contribution in [0.1, 0.15) is 10.4 Å². The lowest BCUT2D eigenvalue weighted by atomic mass is 10.1. The number of hydrogen-bond donors (Lipinski definition) is 2.